The molecule has 0 spiro atoms. The largest absolute Gasteiger partial charge is 0.497 e. The van der Waals surface area contributed by atoms with Gasteiger partial charge in [0.15, 0.2) is 5.11 Å². The number of ether oxygens (including phenoxy) is 1. The molecule has 0 bridgehead atoms. The van der Waals surface area contributed by atoms with Crippen LogP contribution in [0.15, 0.2) is 24.3 Å². The van der Waals surface area contributed by atoms with Crippen molar-refractivity contribution < 1.29 is 4.74 Å². The standard InChI is InChI=1S/C19H31N3OS/c1-15-6-4-5-13-22(15)16(2)14-21-19(24)20-12-11-17-7-9-18(23-3)10-8-17/h7-10,15-16H,4-6,11-14H2,1-3H3,(H2,20,21,24)/t15-,16-/m0/s1. The van der Waals surface area contributed by atoms with E-state index in [4.69, 9.17) is 17.0 Å². The van der Waals surface area contributed by atoms with Crippen LogP contribution in [-0.4, -0.2) is 48.8 Å². The average molecular weight is 350 g/mol. The predicted octanol–water partition coefficient (Wildman–Crippen LogP) is 2.96. The molecular weight excluding hydrogens is 318 g/mol. The number of thiocarbonyl (C=S) groups is 1. The van der Waals surface area contributed by atoms with E-state index in [-0.39, 0.29) is 0 Å². The van der Waals surface area contributed by atoms with Crippen molar-refractivity contribution in [2.24, 2.45) is 0 Å². The van der Waals surface area contributed by atoms with Gasteiger partial charge in [-0.25, -0.2) is 0 Å². The summed E-state index contributed by atoms with van der Waals surface area (Å²) in [7, 11) is 1.69. The molecule has 0 radical (unpaired) electrons. The van der Waals surface area contributed by atoms with E-state index in [2.05, 4.69) is 41.5 Å². The molecule has 2 atom stereocenters. The molecule has 0 aromatic heterocycles. The number of nitrogens with zero attached hydrogens (tertiary/aromatic N) is 1. The predicted molar refractivity (Wildman–Crippen MR) is 105 cm³/mol. The zero-order chi connectivity index (χ0) is 17.4. The number of benzene rings is 1. The Morgan fingerprint density at radius 1 is 1.29 bits per heavy atom. The Kier molecular flexibility index (Phi) is 7.79. The van der Waals surface area contributed by atoms with Crippen molar-refractivity contribution in [3.63, 3.8) is 0 Å². The molecule has 1 aromatic carbocycles. The lowest BCUT2D eigenvalue weighted by Crippen LogP contribution is -2.49. The Balaban J connectivity index is 1.63. The molecule has 0 amide bonds. The molecule has 2 N–H and O–H groups in total. The number of hydrogen-bond donors (Lipinski definition) is 2. The molecule has 0 aliphatic carbocycles. The Morgan fingerprint density at radius 3 is 2.71 bits per heavy atom. The van der Waals surface area contributed by atoms with E-state index in [1.807, 2.05) is 12.1 Å². The molecule has 0 saturated carbocycles. The van der Waals surface area contributed by atoms with E-state index < -0.39 is 0 Å². The third kappa shape index (κ3) is 5.95. The minimum atomic E-state index is 0.515. The van der Waals surface area contributed by atoms with Crippen LogP contribution in [0, 0.1) is 0 Å². The minimum absolute atomic E-state index is 0.515. The summed E-state index contributed by atoms with van der Waals surface area (Å²) in [5.74, 6) is 0.893. The van der Waals surface area contributed by atoms with E-state index in [1.54, 1.807) is 7.11 Å². The van der Waals surface area contributed by atoms with Gasteiger partial charge in [0.2, 0.25) is 0 Å². The fourth-order valence-corrected chi connectivity index (χ4v) is 3.49. The van der Waals surface area contributed by atoms with Crippen molar-refractivity contribution >= 4 is 17.3 Å². The van der Waals surface area contributed by atoms with Gasteiger partial charge in [-0.05, 0) is 69.6 Å². The summed E-state index contributed by atoms with van der Waals surface area (Å²) >= 11 is 5.40. The molecule has 5 heteroatoms. The molecule has 24 heavy (non-hydrogen) atoms. The summed E-state index contributed by atoms with van der Waals surface area (Å²) in [4.78, 5) is 2.59. The Bertz CT molecular complexity index is 506. The zero-order valence-corrected chi connectivity index (χ0v) is 16.0. The van der Waals surface area contributed by atoms with E-state index in [0.29, 0.717) is 12.1 Å². The van der Waals surface area contributed by atoms with Crippen LogP contribution >= 0.6 is 12.2 Å². The maximum absolute atomic E-state index is 5.40. The molecule has 134 valence electrons. The van der Waals surface area contributed by atoms with E-state index >= 15 is 0 Å². The highest BCUT2D eigenvalue weighted by Gasteiger charge is 2.22. The maximum Gasteiger partial charge on any atom is 0.166 e. The minimum Gasteiger partial charge on any atom is -0.497 e. The molecule has 1 saturated heterocycles. The Labute approximate surface area is 152 Å². The quantitative estimate of drug-likeness (QED) is 0.740. The molecule has 1 aliphatic heterocycles. The second-order valence-electron chi connectivity index (χ2n) is 6.67. The number of nitrogens with one attached hydrogen (secondary N) is 2. The van der Waals surface area contributed by atoms with Gasteiger partial charge in [0.05, 0.1) is 7.11 Å². The van der Waals surface area contributed by atoms with E-state index in [0.717, 1.165) is 30.4 Å². The maximum atomic E-state index is 5.40. The molecule has 1 fully saturated rings. The van der Waals surface area contributed by atoms with Gasteiger partial charge in [0, 0.05) is 25.2 Å². The van der Waals surface area contributed by atoms with Crippen LogP contribution in [0.5, 0.6) is 5.75 Å². The lowest BCUT2D eigenvalue weighted by atomic mass is 10.0. The van der Waals surface area contributed by atoms with Crippen LogP contribution in [0.25, 0.3) is 0 Å². The average Bonchev–Trinajstić information content (AvgIpc) is 2.60. The Morgan fingerprint density at radius 2 is 2.04 bits per heavy atom. The molecule has 1 aliphatic rings. The van der Waals surface area contributed by atoms with E-state index in [1.165, 1.54) is 31.4 Å². The van der Waals surface area contributed by atoms with Crippen molar-refractivity contribution in [1.29, 1.82) is 0 Å². The molecule has 0 unspecified atom stereocenters. The summed E-state index contributed by atoms with van der Waals surface area (Å²) in [6.45, 7) is 7.57. The summed E-state index contributed by atoms with van der Waals surface area (Å²) < 4.78 is 5.17. The van der Waals surface area contributed by atoms with Gasteiger partial charge in [-0.15, -0.1) is 0 Å². The number of methoxy groups -OCH3 is 1. The SMILES string of the molecule is COc1ccc(CCNC(=S)NC[C@H](C)N2CCCC[C@@H]2C)cc1. The molecule has 1 heterocycles. The third-order valence-electron chi connectivity index (χ3n) is 4.84. The first-order valence-electron chi connectivity index (χ1n) is 9.00. The van der Waals surface area contributed by atoms with Crippen LogP contribution in [0.4, 0.5) is 0 Å². The van der Waals surface area contributed by atoms with Crippen molar-refractivity contribution in [3.05, 3.63) is 29.8 Å². The first kappa shape index (κ1) is 19.0. The van der Waals surface area contributed by atoms with Crippen LogP contribution in [-0.2, 0) is 6.42 Å². The molecule has 2 rings (SSSR count). The van der Waals surface area contributed by atoms with Gasteiger partial charge in [0.1, 0.15) is 5.75 Å². The van der Waals surface area contributed by atoms with Crippen molar-refractivity contribution in [3.8, 4) is 5.75 Å². The number of hydrogen-bond acceptors (Lipinski definition) is 3. The van der Waals surface area contributed by atoms with Gasteiger partial charge >= 0.3 is 0 Å². The monoisotopic (exact) mass is 349 g/mol. The van der Waals surface area contributed by atoms with Gasteiger partial charge in [0.25, 0.3) is 0 Å². The number of piperidine rings is 1. The first-order valence-corrected chi connectivity index (χ1v) is 9.41. The lowest BCUT2D eigenvalue weighted by Gasteiger charge is -2.38. The fourth-order valence-electron chi connectivity index (χ4n) is 3.31. The van der Waals surface area contributed by atoms with Gasteiger partial charge in [-0.1, -0.05) is 18.6 Å². The highest BCUT2D eigenvalue weighted by Crippen LogP contribution is 2.18. The second-order valence-corrected chi connectivity index (χ2v) is 7.07. The normalized spacial score (nSPS) is 19.5. The van der Waals surface area contributed by atoms with E-state index in [9.17, 15) is 0 Å². The topological polar surface area (TPSA) is 36.5 Å². The third-order valence-corrected chi connectivity index (χ3v) is 5.13. The number of rotatable bonds is 7. The summed E-state index contributed by atoms with van der Waals surface area (Å²) in [5.41, 5.74) is 1.28. The zero-order valence-electron chi connectivity index (χ0n) is 15.2. The summed E-state index contributed by atoms with van der Waals surface area (Å²) in [5, 5.41) is 7.41. The lowest BCUT2D eigenvalue weighted by molar-refractivity contribution is 0.116. The van der Waals surface area contributed by atoms with Crippen molar-refractivity contribution in [1.82, 2.24) is 15.5 Å². The summed E-state index contributed by atoms with van der Waals surface area (Å²) in [6, 6.07) is 9.38. The highest BCUT2D eigenvalue weighted by atomic mass is 32.1. The number of likely N-dealkylation sites (tertiary alicyclic amines) is 1. The first-order chi connectivity index (χ1) is 11.6. The fraction of sp³-hybridized carbons (Fsp3) is 0.632. The second kappa shape index (κ2) is 9.84. The van der Waals surface area contributed by atoms with Gasteiger partial charge in [-0.3, -0.25) is 4.90 Å². The smallest absolute Gasteiger partial charge is 0.166 e. The van der Waals surface area contributed by atoms with Crippen LogP contribution in [0.3, 0.4) is 0 Å². The van der Waals surface area contributed by atoms with Crippen LogP contribution in [0.2, 0.25) is 0 Å². The highest BCUT2D eigenvalue weighted by molar-refractivity contribution is 7.80. The van der Waals surface area contributed by atoms with Crippen molar-refractivity contribution in [2.75, 3.05) is 26.7 Å². The molecular formula is C19H31N3OS. The van der Waals surface area contributed by atoms with Gasteiger partial charge < -0.3 is 15.4 Å². The van der Waals surface area contributed by atoms with Crippen LogP contribution in [0.1, 0.15) is 38.7 Å². The summed E-state index contributed by atoms with van der Waals surface area (Å²) in [6.07, 6.45) is 4.95. The van der Waals surface area contributed by atoms with Gasteiger partial charge in [-0.2, -0.15) is 0 Å². The Hall–Kier alpha value is -1.33. The van der Waals surface area contributed by atoms with Crippen molar-refractivity contribution in [2.45, 2.75) is 51.6 Å². The molecule has 1 aromatic rings. The molecule has 4 nitrogen and oxygen atoms in total. The van der Waals surface area contributed by atoms with Crippen LogP contribution < -0.4 is 15.4 Å².